The summed E-state index contributed by atoms with van der Waals surface area (Å²) in [6.07, 6.45) is 0. The Balaban J connectivity index is 2.19. The third kappa shape index (κ3) is 2.58. The summed E-state index contributed by atoms with van der Waals surface area (Å²) < 4.78 is 14.4. The van der Waals surface area contributed by atoms with Crippen LogP contribution < -0.4 is 5.69 Å². The number of hydrogen-bond acceptors (Lipinski definition) is 2. The van der Waals surface area contributed by atoms with Crippen molar-refractivity contribution in [2.75, 3.05) is 0 Å². The minimum Gasteiger partial charge on any atom is -0.306 e. The number of H-pyrrole nitrogens is 2. The van der Waals surface area contributed by atoms with E-state index in [1.165, 1.54) is 18.2 Å². The molecule has 0 saturated heterocycles. The molecule has 1 heterocycles. The minimum absolute atomic E-state index is 0.216. The molecule has 0 atom stereocenters. The number of halogens is 3. The molecule has 106 valence electrons. The van der Waals surface area contributed by atoms with E-state index in [0.29, 0.717) is 25.5 Å². The monoisotopic (exact) mass is 412 g/mol. The van der Waals surface area contributed by atoms with Crippen LogP contribution in [-0.4, -0.2) is 15.8 Å². The van der Waals surface area contributed by atoms with Gasteiger partial charge in [0.05, 0.1) is 11.0 Å². The molecule has 0 radical (unpaired) electrons. The van der Waals surface area contributed by atoms with E-state index in [9.17, 15) is 14.0 Å². The first-order chi connectivity index (χ1) is 9.95. The Bertz CT molecular complexity index is 930. The number of rotatable bonds is 2. The topological polar surface area (TPSA) is 65.7 Å². The Hall–Kier alpha value is -1.73. The lowest BCUT2D eigenvalue weighted by atomic mass is 10.0. The zero-order valence-electron chi connectivity index (χ0n) is 10.3. The Morgan fingerprint density at radius 1 is 0.952 bits per heavy atom. The van der Waals surface area contributed by atoms with Crippen LogP contribution in [0.4, 0.5) is 4.39 Å². The quantitative estimate of drug-likeness (QED) is 0.628. The molecule has 4 nitrogen and oxygen atoms in total. The molecule has 2 aromatic carbocycles. The highest BCUT2D eigenvalue weighted by Crippen LogP contribution is 2.27. The van der Waals surface area contributed by atoms with Crippen LogP contribution in [0, 0.1) is 5.82 Å². The van der Waals surface area contributed by atoms with Crippen molar-refractivity contribution in [3.05, 3.63) is 66.7 Å². The lowest BCUT2D eigenvalue weighted by molar-refractivity contribution is 0.103. The van der Waals surface area contributed by atoms with Crippen LogP contribution in [0.15, 0.2) is 44.1 Å². The number of imidazole rings is 1. The van der Waals surface area contributed by atoms with Crippen molar-refractivity contribution in [1.29, 1.82) is 0 Å². The molecule has 2 N–H and O–H groups in total. The molecule has 7 heteroatoms. The van der Waals surface area contributed by atoms with Crippen LogP contribution in [0.2, 0.25) is 0 Å². The smallest absolute Gasteiger partial charge is 0.306 e. The van der Waals surface area contributed by atoms with Gasteiger partial charge < -0.3 is 9.97 Å². The molecule has 0 bridgehead atoms. The highest BCUT2D eigenvalue weighted by Gasteiger charge is 2.17. The van der Waals surface area contributed by atoms with Crippen molar-refractivity contribution in [3.8, 4) is 0 Å². The number of fused-ring (bicyclic) bond motifs is 1. The summed E-state index contributed by atoms with van der Waals surface area (Å²) in [5, 5.41) is 0. The summed E-state index contributed by atoms with van der Waals surface area (Å²) in [7, 11) is 0. The van der Waals surface area contributed by atoms with Gasteiger partial charge in [-0.1, -0.05) is 15.9 Å². The second-order valence-electron chi connectivity index (χ2n) is 4.41. The summed E-state index contributed by atoms with van der Waals surface area (Å²) in [6.45, 7) is 0. The van der Waals surface area contributed by atoms with E-state index in [1.54, 1.807) is 12.1 Å². The van der Waals surface area contributed by atoms with Gasteiger partial charge in [-0.05, 0) is 46.3 Å². The molecule has 1 aromatic heterocycles. The van der Waals surface area contributed by atoms with Gasteiger partial charge in [-0.15, -0.1) is 0 Å². The average Bonchev–Trinajstić information content (AvgIpc) is 2.79. The van der Waals surface area contributed by atoms with Gasteiger partial charge in [0, 0.05) is 20.1 Å². The Labute approximate surface area is 134 Å². The van der Waals surface area contributed by atoms with Gasteiger partial charge >= 0.3 is 5.69 Å². The minimum atomic E-state index is -0.492. The standard InChI is InChI=1S/C14H7Br2FN2O2/c15-9-2-1-6(17)3-7(9)13(20)8-4-11-12(5-10(8)16)19-14(21)18-11/h1-5H,(H2,18,19,21). The Kier molecular flexibility index (Phi) is 3.54. The van der Waals surface area contributed by atoms with E-state index in [4.69, 9.17) is 0 Å². The van der Waals surface area contributed by atoms with Crippen LogP contribution in [0.25, 0.3) is 11.0 Å². The van der Waals surface area contributed by atoms with Gasteiger partial charge in [0.25, 0.3) is 0 Å². The summed E-state index contributed by atoms with van der Waals surface area (Å²) in [6, 6.07) is 7.10. The summed E-state index contributed by atoms with van der Waals surface area (Å²) in [4.78, 5) is 29.0. The van der Waals surface area contributed by atoms with Crippen LogP contribution in [0.3, 0.4) is 0 Å². The molecular weight excluding hydrogens is 407 g/mol. The molecule has 3 aromatic rings. The van der Waals surface area contributed by atoms with Crippen LogP contribution in [-0.2, 0) is 0 Å². The van der Waals surface area contributed by atoms with Crippen molar-refractivity contribution < 1.29 is 9.18 Å². The van der Waals surface area contributed by atoms with E-state index in [-0.39, 0.29) is 17.0 Å². The number of hydrogen-bond donors (Lipinski definition) is 2. The first kappa shape index (κ1) is 14.2. The second-order valence-corrected chi connectivity index (χ2v) is 6.12. The maximum Gasteiger partial charge on any atom is 0.323 e. The van der Waals surface area contributed by atoms with Gasteiger partial charge in [0.2, 0.25) is 0 Å². The molecule has 0 aliphatic carbocycles. The van der Waals surface area contributed by atoms with Crippen molar-refractivity contribution in [1.82, 2.24) is 9.97 Å². The number of ketones is 1. The number of aromatic nitrogens is 2. The largest absolute Gasteiger partial charge is 0.323 e. The molecule has 0 saturated carbocycles. The van der Waals surface area contributed by atoms with E-state index < -0.39 is 5.82 Å². The molecule has 21 heavy (non-hydrogen) atoms. The highest BCUT2D eigenvalue weighted by molar-refractivity contribution is 9.11. The van der Waals surface area contributed by atoms with Gasteiger partial charge in [-0.25, -0.2) is 9.18 Å². The fourth-order valence-corrected chi connectivity index (χ4v) is 3.00. The van der Waals surface area contributed by atoms with Crippen LogP contribution >= 0.6 is 31.9 Å². The van der Waals surface area contributed by atoms with Crippen molar-refractivity contribution >= 4 is 48.7 Å². The molecule has 3 rings (SSSR count). The maximum atomic E-state index is 13.3. The summed E-state index contributed by atoms with van der Waals surface area (Å²) in [5.74, 6) is -0.842. The number of benzene rings is 2. The molecule has 0 fully saturated rings. The fraction of sp³-hybridized carbons (Fsp3) is 0. The number of aromatic amines is 2. The maximum absolute atomic E-state index is 13.3. The molecular formula is C14H7Br2FN2O2. The zero-order chi connectivity index (χ0) is 15.1. The number of carbonyl (C=O) groups excluding carboxylic acids is 1. The van der Waals surface area contributed by atoms with E-state index in [2.05, 4.69) is 41.8 Å². The fourth-order valence-electron chi connectivity index (χ4n) is 2.05. The van der Waals surface area contributed by atoms with Gasteiger partial charge in [0.1, 0.15) is 5.82 Å². The van der Waals surface area contributed by atoms with Crippen molar-refractivity contribution in [2.24, 2.45) is 0 Å². The van der Waals surface area contributed by atoms with Gasteiger partial charge in [-0.2, -0.15) is 0 Å². The third-order valence-corrected chi connectivity index (χ3v) is 4.37. The lowest BCUT2D eigenvalue weighted by Gasteiger charge is -2.06. The summed E-state index contributed by atoms with van der Waals surface area (Å²) >= 11 is 6.54. The Morgan fingerprint density at radius 3 is 2.29 bits per heavy atom. The predicted molar refractivity (Wildman–Crippen MR) is 84.2 cm³/mol. The molecule has 0 aliphatic heterocycles. The molecule has 0 amide bonds. The first-order valence-corrected chi connectivity index (χ1v) is 7.45. The lowest BCUT2D eigenvalue weighted by Crippen LogP contribution is -2.04. The normalized spacial score (nSPS) is 11.0. The van der Waals surface area contributed by atoms with Gasteiger partial charge in [0.15, 0.2) is 5.78 Å². The zero-order valence-corrected chi connectivity index (χ0v) is 13.5. The number of carbonyl (C=O) groups is 1. The number of nitrogens with one attached hydrogen (secondary N) is 2. The van der Waals surface area contributed by atoms with E-state index in [0.717, 1.165) is 0 Å². The Morgan fingerprint density at radius 2 is 1.57 bits per heavy atom. The highest BCUT2D eigenvalue weighted by atomic mass is 79.9. The second kappa shape index (κ2) is 5.23. The molecule has 0 unspecified atom stereocenters. The van der Waals surface area contributed by atoms with E-state index in [1.807, 2.05) is 0 Å². The first-order valence-electron chi connectivity index (χ1n) is 5.87. The van der Waals surface area contributed by atoms with Gasteiger partial charge in [-0.3, -0.25) is 4.79 Å². The van der Waals surface area contributed by atoms with Crippen LogP contribution in [0.1, 0.15) is 15.9 Å². The van der Waals surface area contributed by atoms with Crippen LogP contribution in [0.5, 0.6) is 0 Å². The SMILES string of the molecule is O=C(c1cc(F)ccc1Br)c1cc2[nH]c(=O)[nH]c2cc1Br. The predicted octanol–water partition coefficient (Wildman–Crippen LogP) is 3.75. The molecule has 0 spiro atoms. The van der Waals surface area contributed by atoms with Crippen molar-refractivity contribution in [3.63, 3.8) is 0 Å². The third-order valence-electron chi connectivity index (χ3n) is 3.02. The molecule has 0 aliphatic rings. The average molecular weight is 414 g/mol. The van der Waals surface area contributed by atoms with Crippen molar-refractivity contribution in [2.45, 2.75) is 0 Å². The summed E-state index contributed by atoms with van der Waals surface area (Å²) in [5.41, 5.74) is 1.30. The van der Waals surface area contributed by atoms with E-state index >= 15 is 0 Å².